The Morgan fingerprint density at radius 3 is 2.25 bits per heavy atom. The van der Waals surface area contributed by atoms with Crippen molar-refractivity contribution in [3.63, 3.8) is 0 Å². The number of methoxy groups -OCH3 is 1. The van der Waals surface area contributed by atoms with Gasteiger partial charge in [-0.2, -0.15) is 0 Å². The number of amides is 1. The molecule has 2 aromatic rings. The van der Waals surface area contributed by atoms with Crippen LogP contribution in [0.3, 0.4) is 0 Å². The molecule has 1 atom stereocenters. The fourth-order valence-corrected chi connectivity index (χ4v) is 3.51. The van der Waals surface area contributed by atoms with E-state index in [1.807, 2.05) is 0 Å². The van der Waals surface area contributed by atoms with Gasteiger partial charge in [-0.25, -0.2) is 9.59 Å². The van der Waals surface area contributed by atoms with Crippen LogP contribution in [0.25, 0.3) is 0 Å². The molecule has 0 aliphatic carbocycles. The third-order valence-electron chi connectivity index (χ3n) is 4.95. The van der Waals surface area contributed by atoms with Crippen molar-refractivity contribution in [2.75, 3.05) is 20.3 Å². The van der Waals surface area contributed by atoms with Gasteiger partial charge in [0.2, 0.25) is 0 Å². The van der Waals surface area contributed by atoms with Crippen molar-refractivity contribution in [1.29, 1.82) is 0 Å². The molecule has 0 bridgehead atoms. The lowest BCUT2D eigenvalue weighted by Gasteiger charge is -2.30. The summed E-state index contributed by atoms with van der Waals surface area (Å²) in [5.41, 5.74) is 2.81. The number of allylic oxidation sites excluding steroid dienone is 2. The first-order valence-electron chi connectivity index (χ1n) is 9.96. The number of ether oxygens (including phenoxy) is 2. The summed E-state index contributed by atoms with van der Waals surface area (Å²) in [7, 11) is 1.29. The Kier molecular flexibility index (Phi) is 7.33. The molecule has 2 N–H and O–H groups in total. The maximum absolute atomic E-state index is 13.0. The van der Waals surface area contributed by atoms with Gasteiger partial charge in [-0.05, 0) is 37.6 Å². The number of carbonyl (C=O) groups is 3. The Morgan fingerprint density at radius 1 is 1.00 bits per heavy atom. The van der Waals surface area contributed by atoms with E-state index in [0.717, 1.165) is 0 Å². The second-order valence-electron chi connectivity index (χ2n) is 7.05. The van der Waals surface area contributed by atoms with Crippen molar-refractivity contribution >= 4 is 17.8 Å². The number of hydrogen-bond acceptors (Lipinski definition) is 8. The lowest BCUT2D eigenvalue weighted by atomic mass is 9.81. The molecule has 0 fully saturated rings. The number of dihydropyridines is 1. The van der Waals surface area contributed by atoms with Crippen LogP contribution >= 0.6 is 0 Å². The van der Waals surface area contributed by atoms with Crippen LogP contribution in [0, 0.1) is 0 Å². The van der Waals surface area contributed by atoms with Crippen molar-refractivity contribution in [3.8, 4) is 0 Å². The number of pyridine rings is 2. The monoisotopic (exact) mass is 436 g/mol. The summed E-state index contributed by atoms with van der Waals surface area (Å²) in [6.07, 6.45) is 6.23. The highest BCUT2D eigenvalue weighted by atomic mass is 16.5. The highest BCUT2D eigenvalue weighted by Crippen LogP contribution is 2.38. The maximum atomic E-state index is 13.0. The van der Waals surface area contributed by atoms with E-state index in [9.17, 15) is 14.4 Å². The van der Waals surface area contributed by atoms with Gasteiger partial charge in [-0.1, -0.05) is 6.07 Å². The number of carbonyl (C=O) groups excluding carboxylic acids is 3. The first-order valence-corrected chi connectivity index (χ1v) is 9.96. The van der Waals surface area contributed by atoms with Crippen molar-refractivity contribution in [2.45, 2.75) is 19.8 Å². The fourth-order valence-electron chi connectivity index (χ4n) is 3.51. The summed E-state index contributed by atoms with van der Waals surface area (Å²) in [5.74, 6) is -2.17. The Bertz CT molecular complexity index is 1060. The maximum Gasteiger partial charge on any atom is 0.336 e. The molecule has 9 nitrogen and oxygen atoms in total. The van der Waals surface area contributed by atoms with Crippen LogP contribution in [0.15, 0.2) is 71.6 Å². The quantitative estimate of drug-likeness (QED) is 0.499. The molecule has 2 aromatic heterocycles. The smallest absolute Gasteiger partial charge is 0.336 e. The summed E-state index contributed by atoms with van der Waals surface area (Å²) in [5, 5.41) is 5.74. The number of esters is 2. The molecule has 1 aliphatic heterocycles. The second-order valence-corrected chi connectivity index (χ2v) is 7.05. The van der Waals surface area contributed by atoms with E-state index in [0.29, 0.717) is 28.1 Å². The molecule has 3 rings (SSSR count). The lowest BCUT2D eigenvalue weighted by molar-refractivity contribution is -0.139. The predicted octanol–water partition coefficient (Wildman–Crippen LogP) is 1.86. The summed E-state index contributed by atoms with van der Waals surface area (Å²) >= 11 is 0. The largest absolute Gasteiger partial charge is 0.466 e. The van der Waals surface area contributed by atoms with E-state index >= 15 is 0 Å². The minimum Gasteiger partial charge on any atom is -0.466 e. The molecule has 0 saturated carbocycles. The second kappa shape index (κ2) is 10.3. The normalized spacial score (nSPS) is 15.7. The van der Waals surface area contributed by atoms with Crippen LogP contribution in [-0.2, 0) is 19.1 Å². The molecule has 166 valence electrons. The van der Waals surface area contributed by atoms with E-state index in [4.69, 9.17) is 9.47 Å². The van der Waals surface area contributed by atoms with Crippen molar-refractivity contribution in [2.24, 2.45) is 0 Å². The average molecular weight is 436 g/mol. The third-order valence-corrected chi connectivity index (χ3v) is 4.95. The average Bonchev–Trinajstić information content (AvgIpc) is 2.81. The van der Waals surface area contributed by atoms with Gasteiger partial charge < -0.3 is 20.1 Å². The van der Waals surface area contributed by atoms with Crippen LogP contribution in [-0.4, -0.2) is 48.1 Å². The zero-order valence-electron chi connectivity index (χ0n) is 18.0. The Labute approximate surface area is 185 Å². The zero-order valence-corrected chi connectivity index (χ0v) is 18.0. The molecule has 1 unspecified atom stereocenters. The van der Waals surface area contributed by atoms with E-state index < -0.39 is 17.9 Å². The molecule has 3 heterocycles. The van der Waals surface area contributed by atoms with Crippen LogP contribution in [0.1, 0.15) is 35.7 Å². The highest BCUT2D eigenvalue weighted by Gasteiger charge is 2.37. The molecule has 1 aliphatic rings. The van der Waals surface area contributed by atoms with Crippen molar-refractivity contribution in [3.05, 3.63) is 82.7 Å². The molecular formula is C23H24N4O5. The number of nitrogens with zero attached hydrogens (tertiary/aromatic N) is 2. The lowest BCUT2D eigenvalue weighted by Crippen LogP contribution is -2.33. The molecule has 1 amide bonds. The summed E-state index contributed by atoms with van der Waals surface area (Å²) in [4.78, 5) is 45.7. The van der Waals surface area contributed by atoms with Crippen molar-refractivity contribution in [1.82, 2.24) is 20.6 Å². The summed E-state index contributed by atoms with van der Waals surface area (Å²) < 4.78 is 10.4. The minimum atomic E-state index is -0.699. The molecule has 0 radical (unpaired) electrons. The van der Waals surface area contributed by atoms with Gasteiger partial charge in [-0.3, -0.25) is 14.8 Å². The Morgan fingerprint density at radius 2 is 1.66 bits per heavy atom. The van der Waals surface area contributed by atoms with E-state index in [2.05, 4.69) is 20.6 Å². The van der Waals surface area contributed by atoms with Crippen LogP contribution in [0.5, 0.6) is 0 Å². The standard InChI is InChI=1S/C23H24N4O5/c1-14-18(22(29)31-3)20(16-6-4-8-24-12-16)19(15(2)27-14)23(30)32-11-10-26-21(28)17-7-5-9-25-13-17/h4-9,12-13,20,27H,10-11H2,1-3H3,(H,26,28). The topological polar surface area (TPSA) is 120 Å². The van der Waals surface area contributed by atoms with Gasteiger partial charge in [0, 0.05) is 36.2 Å². The van der Waals surface area contributed by atoms with Gasteiger partial charge in [-0.15, -0.1) is 0 Å². The number of nitrogens with one attached hydrogen (secondary N) is 2. The minimum absolute atomic E-state index is 0.0440. The molecular weight excluding hydrogens is 412 g/mol. The van der Waals surface area contributed by atoms with Crippen LogP contribution < -0.4 is 10.6 Å². The SMILES string of the molecule is COC(=O)C1=C(C)NC(C)=C(C(=O)OCCNC(=O)c2cccnc2)C1c1cccnc1. The van der Waals surface area contributed by atoms with Gasteiger partial charge in [0.1, 0.15) is 6.61 Å². The Balaban J connectivity index is 1.75. The molecule has 9 heteroatoms. The first-order chi connectivity index (χ1) is 15.4. The van der Waals surface area contributed by atoms with Gasteiger partial charge in [0.15, 0.2) is 0 Å². The van der Waals surface area contributed by atoms with Gasteiger partial charge in [0.05, 0.1) is 36.3 Å². The Hall–Kier alpha value is -4.01. The number of rotatable bonds is 7. The van der Waals surface area contributed by atoms with Crippen LogP contribution in [0.2, 0.25) is 0 Å². The third kappa shape index (κ3) is 5.00. The number of hydrogen-bond donors (Lipinski definition) is 2. The molecule has 0 saturated heterocycles. The van der Waals surface area contributed by atoms with Gasteiger partial charge >= 0.3 is 11.9 Å². The molecule has 0 aromatic carbocycles. The van der Waals surface area contributed by atoms with E-state index in [-0.39, 0.29) is 24.6 Å². The van der Waals surface area contributed by atoms with Crippen molar-refractivity contribution < 1.29 is 23.9 Å². The highest BCUT2D eigenvalue weighted by molar-refractivity contribution is 5.99. The molecule has 32 heavy (non-hydrogen) atoms. The predicted molar refractivity (Wildman–Crippen MR) is 115 cm³/mol. The summed E-state index contributed by atoms with van der Waals surface area (Å²) in [6.45, 7) is 3.56. The molecule has 0 spiro atoms. The van der Waals surface area contributed by atoms with Crippen LogP contribution in [0.4, 0.5) is 0 Å². The van der Waals surface area contributed by atoms with Gasteiger partial charge in [0.25, 0.3) is 5.91 Å². The van der Waals surface area contributed by atoms with E-state index in [1.165, 1.54) is 13.3 Å². The number of aromatic nitrogens is 2. The fraction of sp³-hybridized carbons (Fsp3) is 0.261. The van der Waals surface area contributed by atoms with E-state index in [1.54, 1.807) is 56.7 Å². The first kappa shape index (κ1) is 22.7. The summed E-state index contributed by atoms with van der Waals surface area (Å²) in [6, 6.07) is 6.81. The zero-order chi connectivity index (χ0) is 23.1.